The van der Waals surface area contributed by atoms with Gasteiger partial charge in [-0.05, 0) is 49.4 Å². The molecule has 0 heterocycles. The summed E-state index contributed by atoms with van der Waals surface area (Å²) in [6.45, 7) is 15.1. The molecular formula is C41H64N2O13. The summed E-state index contributed by atoms with van der Waals surface area (Å²) in [6, 6.07) is 16.6. The number of hydrogen-bond acceptors (Lipinski definition) is 13. The Morgan fingerprint density at radius 1 is 0.482 bits per heavy atom. The van der Waals surface area contributed by atoms with Gasteiger partial charge in [-0.2, -0.15) is 0 Å². The minimum absolute atomic E-state index is 0.0461. The van der Waals surface area contributed by atoms with Crippen LogP contribution in [0.25, 0.3) is 11.1 Å². The molecule has 0 fully saturated rings. The summed E-state index contributed by atoms with van der Waals surface area (Å²) < 4.78 is 60.1. The summed E-state index contributed by atoms with van der Waals surface area (Å²) >= 11 is 0. The summed E-state index contributed by atoms with van der Waals surface area (Å²) in [5.74, 6) is 0.0461. The summed E-state index contributed by atoms with van der Waals surface area (Å²) in [5, 5.41) is 5.43. The van der Waals surface area contributed by atoms with Crippen LogP contribution in [-0.4, -0.2) is 156 Å². The van der Waals surface area contributed by atoms with Crippen LogP contribution < -0.4 is 10.6 Å². The minimum Gasteiger partial charge on any atom is -0.449 e. The molecular weight excluding hydrogens is 728 g/mol. The smallest absolute Gasteiger partial charge is 0.407 e. The third kappa shape index (κ3) is 21.8. The Kier molecular flexibility index (Phi) is 25.0. The predicted octanol–water partition coefficient (Wildman–Crippen LogP) is 4.59. The van der Waals surface area contributed by atoms with Crippen molar-refractivity contribution in [1.82, 2.24) is 10.6 Å². The van der Waals surface area contributed by atoms with Gasteiger partial charge in [0.1, 0.15) is 12.2 Å². The highest BCUT2D eigenvalue weighted by molar-refractivity contribution is 5.79. The summed E-state index contributed by atoms with van der Waals surface area (Å²) in [6.07, 6.45) is -0.194. The number of ether oxygens (including phenoxy) is 11. The van der Waals surface area contributed by atoms with Gasteiger partial charge in [0.05, 0.1) is 112 Å². The molecule has 2 amide bonds. The molecule has 3 rings (SSSR count). The second kappa shape index (κ2) is 29.8. The molecule has 2 aromatic rings. The van der Waals surface area contributed by atoms with Crippen LogP contribution in [0.2, 0.25) is 0 Å². The molecule has 316 valence electrons. The molecule has 2 N–H and O–H groups in total. The van der Waals surface area contributed by atoms with Crippen molar-refractivity contribution in [2.75, 3.05) is 139 Å². The molecule has 0 atom stereocenters. The third-order valence-corrected chi connectivity index (χ3v) is 7.97. The van der Waals surface area contributed by atoms with Crippen LogP contribution in [-0.2, 0) is 52.1 Å². The lowest BCUT2D eigenvalue weighted by molar-refractivity contribution is -0.0249. The van der Waals surface area contributed by atoms with Crippen molar-refractivity contribution in [2.24, 2.45) is 0 Å². The normalized spacial score (nSPS) is 12.3. The summed E-state index contributed by atoms with van der Waals surface area (Å²) in [7, 11) is 0. The van der Waals surface area contributed by atoms with E-state index in [2.05, 4.69) is 34.9 Å². The topological polar surface area (TPSA) is 160 Å². The van der Waals surface area contributed by atoms with E-state index in [0.717, 1.165) is 0 Å². The van der Waals surface area contributed by atoms with Gasteiger partial charge in [0.25, 0.3) is 0 Å². The molecule has 0 aliphatic heterocycles. The van der Waals surface area contributed by atoms with Crippen molar-refractivity contribution in [1.29, 1.82) is 0 Å². The van der Waals surface area contributed by atoms with Gasteiger partial charge in [-0.1, -0.05) is 48.5 Å². The average Bonchev–Trinajstić information content (AvgIpc) is 3.50. The van der Waals surface area contributed by atoms with Crippen LogP contribution in [0.4, 0.5) is 9.59 Å². The quantitative estimate of drug-likeness (QED) is 0.0968. The van der Waals surface area contributed by atoms with Crippen LogP contribution in [0.15, 0.2) is 48.5 Å². The van der Waals surface area contributed by atoms with E-state index in [1.54, 1.807) is 0 Å². The molecule has 1 aliphatic rings. The number of carbonyl (C=O) groups excluding carboxylic acids is 2. The Bertz CT molecular complexity index is 1280. The van der Waals surface area contributed by atoms with Gasteiger partial charge in [0, 0.05) is 25.6 Å². The Hall–Kier alpha value is -3.38. The minimum atomic E-state index is -0.517. The van der Waals surface area contributed by atoms with Crippen molar-refractivity contribution < 1.29 is 61.7 Å². The van der Waals surface area contributed by atoms with Gasteiger partial charge in [0.2, 0.25) is 0 Å². The molecule has 56 heavy (non-hydrogen) atoms. The largest absolute Gasteiger partial charge is 0.449 e. The molecule has 0 unspecified atom stereocenters. The summed E-state index contributed by atoms with van der Waals surface area (Å²) in [4.78, 5) is 23.8. The van der Waals surface area contributed by atoms with Gasteiger partial charge in [-0.25, -0.2) is 9.59 Å². The second-order valence-corrected chi connectivity index (χ2v) is 13.5. The van der Waals surface area contributed by atoms with Gasteiger partial charge >= 0.3 is 12.2 Å². The third-order valence-electron chi connectivity index (χ3n) is 7.97. The van der Waals surface area contributed by atoms with Crippen molar-refractivity contribution in [3.8, 4) is 11.1 Å². The van der Waals surface area contributed by atoms with Gasteiger partial charge in [0.15, 0.2) is 0 Å². The number of hydrogen-bond donors (Lipinski definition) is 2. The molecule has 2 aromatic carbocycles. The van der Waals surface area contributed by atoms with E-state index in [4.69, 9.17) is 52.1 Å². The monoisotopic (exact) mass is 792 g/mol. The number of nitrogens with one attached hydrogen (secondary N) is 2. The maximum atomic E-state index is 12.3. The molecule has 0 saturated carbocycles. The Morgan fingerprint density at radius 3 is 1.25 bits per heavy atom. The Balaban J connectivity index is 0.949. The van der Waals surface area contributed by atoms with E-state index in [-0.39, 0.29) is 5.92 Å². The van der Waals surface area contributed by atoms with Gasteiger partial charge in [-0.15, -0.1) is 0 Å². The Labute approximate surface area is 332 Å². The second-order valence-electron chi connectivity index (χ2n) is 13.5. The first-order chi connectivity index (χ1) is 27.3. The zero-order valence-electron chi connectivity index (χ0n) is 33.6. The van der Waals surface area contributed by atoms with Gasteiger partial charge in [-0.3, -0.25) is 0 Å². The first kappa shape index (κ1) is 47.0. The van der Waals surface area contributed by atoms with Crippen LogP contribution in [0, 0.1) is 0 Å². The number of benzene rings is 2. The zero-order chi connectivity index (χ0) is 39.9. The lowest BCUT2D eigenvalue weighted by atomic mass is 9.98. The average molecular weight is 793 g/mol. The van der Waals surface area contributed by atoms with E-state index in [0.29, 0.717) is 145 Å². The first-order valence-electron chi connectivity index (χ1n) is 19.6. The van der Waals surface area contributed by atoms with Crippen molar-refractivity contribution >= 4 is 12.2 Å². The fourth-order valence-electron chi connectivity index (χ4n) is 5.41. The van der Waals surface area contributed by atoms with Crippen molar-refractivity contribution in [3.63, 3.8) is 0 Å². The number of amides is 2. The predicted molar refractivity (Wildman–Crippen MR) is 209 cm³/mol. The fraction of sp³-hybridized carbons (Fsp3) is 0.659. The molecule has 0 spiro atoms. The summed E-state index contributed by atoms with van der Waals surface area (Å²) in [5.41, 5.74) is 4.28. The lowest BCUT2D eigenvalue weighted by Gasteiger charge is -2.19. The Morgan fingerprint density at radius 2 is 0.839 bits per heavy atom. The molecule has 15 nitrogen and oxygen atoms in total. The van der Waals surface area contributed by atoms with E-state index >= 15 is 0 Å². The molecule has 0 aromatic heterocycles. The molecule has 0 saturated heterocycles. The molecule has 0 radical (unpaired) electrons. The zero-order valence-corrected chi connectivity index (χ0v) is 33.6. The van der Waals surface area contributed by atoms with E-state index in [1.807, 2.05) is 45.0 Å². The highest BCUT2D eigenvalue weighted by Crippen LogP contribution is 2.44. The highest BCUT2D eigenvalue weighted by atomic mass is 16.6. The van der Waals surface area contributed by atoms with Crippen LogP contribution in [0.3, 0.4) is 0 Å². The van der Waals surface area contributed by atoms with Crippen LogP contribution >= 0.6 is 0 Å². The van der Waals surface area contributed by atoms with E-state index in [9.17, 15) is 9.59 Å². The first-order valence-corrected chi connectivity index (χ1v) is 19.6. The molecule has 0 bridgehead atoms. The van der Waals surface area contributed by atoms with Crippen molar-refractivity contribution in [3.05, 3.63) is 59.7 Å². The molecule has 15 heteroatoms. The number of carbonyl (C=O) groups is 2. The standard InChI is InChI=1S/C41H64N2O13/c1-41(2,3)56-40(45)43-14-16-47-18-20-49-22-24-51-26-28-53-30-32-54-31-29-52-27-25-50-23-21-48-19-17-46-15-8-13-42-39(44)55-33-38-36-11-6-4-9-34(36)35-10-5-7-12-37(35)38/h4-7,9-12,38H,8,13-33H2,1-3H3,(H,42,44)(H,43,45). The number of rotatable bonds is 33. The SMILES string of the molecule is CC(C)(C)OC(=O)NCCOCCOCCOCCOCCOCCOCCOCCOCCOCCCNC(=O)OCC1c2ccccc2-c2ccccc21. The fourth-order valence-corrected chi connectivity index (χ4v) is 5.41. The number of alkyl carbamates (subject to hydrolysis) is 2. The van der Waals surface area contributed by atoms with Crippen LogP contribution in [0.5, 0.6) is 0 Å². The van der Waals surface area contributed by atoms with Gasteiger partial charge < -0.3 is 62.7 Å². The molecule has 1 aliphatic carbocycles. The van der Waals surface area contributed by atoms with E-state index in [1.165, 1.54) is 22.3 Å². The maximum Gasteiger partial charge on any atom is 0.407 e. The lowest BCUT2D eigenvalue weighted by Crippen LogP contribution is -2.34. The van der Waals surface area contributed by atoms with E-state index < -0.39 is 17.8 Å². The highest BCUT2D eigenvalue weighted by Gasteiger charge is 2.29. The van der Waals surface area contributed by atoms with Crippen LogP contribution in [0.1, 0.15) is 44.2 Å². The number of fused-ring (bicyclic) bond motifs is 3. The maximum absolute atomic E-state index is 12.3. The van der Waals surface area contributed by atoms with Crippen molar-refractivity contribution in [2.45, 2.75) is 38.7 Å².